The van der Waals surface area contributed by atoms with Crippen molar-refractivity contribution >= 4 is 28.9 Å². The van der Waals surface area contributed by atoms with Crippen molar-refractivity contribution in [2.75, 3.05) is 35.2 Å². The molecule has 3 heterocycles. The lowest BCUT2D eigenvalue weighted by atomic mass is 10.1. The van der Waals surface area contributed by atoms with Gasteiger partial charge in [-0.25, -0.2) is 15.0 Å². The zero-order valence-corrected chi connectivity index (χ0v) is 17.0. The van der Waals surface area contributed by atoms with Gasteiger partial charge in [-0.1, -0.05) is 12.1 Å². The van der Waals surface area contributed by atoms with Crippen molar-refractivity contribution in [2.24, 2.45) is 0 Å². The van der Waals surface area contributed by atoms with E-state index in [-0.39, 0.29) is 5.82 Å². The molecule has 0 radical (unpaired) electrons. The van der Waals surface area contributed by atoms with Crippen LogP contribution in [0.2, 0.25) is 0 Å². The molecule has 0 aliphatic heterocycles. The van der Waals surface area contributed by atoms with Gasteiger partial charge in [0.05, 0.1) is 16.9 Å². The molecule has 3 aromatic heterocycles. The van der Waals surface area contributed by atoms with Gasteiger partial charge in [0, 0.05) is 24.7 Å². The number of anilines is 4. The number of aromatic nitrogens is 5. The second-order valence-electron chi connectivity index (χ2n) is 6.99. The van der Waals surface area contributed by atoms with E-state index >= 15 is 0 Å². The number of nitrogens with two attached hydrogens (primary N) is 2. The molecule has 0 atom stereocenters. The van der Waals surface area contributed by atoms with E-state index < -0.39 is 11.7 Å². The Hall–Kier alpha value is -4.09. The number of aryl methyl sites for hydroxylation is 1. The number of fused-ring (bicyclic) bond motifs is 1. The molecular weight excluding hydrogens is 423 g/mol. The van der Waals surface area contributed by atoms with Crippen LogP contribution in [0.25, 0.3) is 16.9 Å². The van der Waals surface area contributed by atoms with E-state index in [1.165, 1.54) is 12.1 Å². The Balaban J connectivity index is 1.53. The van der Waals surface area contributed by atoms with Crippen molar-refractivity contribution in [3.05, 3.63) is 53.9 Å². The second kappa shape index (κ2) is 8.21. The summed E-state index contributed by atoms with van der Waals surface area (Å²) in [7, 11) is 0. The Bertz CT molecular complexity index is 1250. The first-order valence-electron chi connectivity index (χ1n) is 9.62. The number of pyridine rings is 1. The third-order valence-electron chi connectivity index (χ3n) is 4.61. The van der Waals surface area contributed by atoms with E-state index in [4.69, 9.17) is 11.5 Å². The van der Waals surface area contributed by atoms with E-state index in [1.807, 2.05) is 0 Å². The van der Waals surface area contributed by atoms with E-state index in [0.29, 0.717) is 53.3 Å². The normalized spacial score (nSPS) is 11.6. The standard InChI is InChI=1S/C20H20F3N9/c1-11-28-17-10-15(12-2-4-13(5-3-12)20(21,22)23)29-19(32(17)31-11)27-9-8-26-16-7-6-14(24)18(25)30-16/h2-7,10H,8-9,24H2,1H3,(H,27,29)(H3,25,26,30). The largest absolute Gasteiger partial charge is 0.416 e. The van der Waals surface area contributed by atoms with Crippen molar-refractivity contribution in [3.8, 4) is 11.3 Å². The molecule has 1 aromatic carbocycles. The SMILES string of the molecule is Cc1nc2cc(-c3ccc(C(F)(F)F)cc3)nc(NCCNc3ccc(N)c(N)n3)n2n1. The van der Waals surface area contributed by atoms with Gasteiger partial charge in [0.25, 0.3) is 0 Å². The molecule has 0 spiro atoms. The summed E-state index contributed by atoms with van der Waals surface area (Å²) in [5, 5.41) is 10.6. The van der Waals surface area contributed by atoms with Gasteiger partial charge in [-0.2, -0.15) is 17.7 Å². The molecule has 0 fully saturated rings. The quantitative estimate of drug-likeness (QED) is 0.334. The van der Waals surface area contributed by atoms with E-state index in [9.17, 15) is 13.2 Å². The molecule has 6 N–H and O–H groups in total. The summed E-state index contributed by atoms with van der Waals surface area (Å²) in [6.45, 7) is 2.68. The first-order chi connectivity index (χ1) is 15.2. The smallest absolute Gasteiger partial charge is 0.396 e. The molecule has 4 aromatic rings. The van der Waals surface area contributed by atoms with Crippen LogP contribution in [0.1, 0.15) is 11.4 Å². The Morgan fingerprint density at radius 2 is 1.66 bits per heavy atom. The lowest BCUT2D eigenvalue weighted by molar-refractivity contribution is -0.137. The minimum absolute atomic E-state index is 0.244. The third kappa shape index (κ3) is 4.48. The number of hydrogen-bond donors (Lipinski definition) is 4. The minimum Gasteiger partial charge on any atom is -0.396 e. The van der Waals surface area contributed by atoms with Crippen LogP contribution in [0.3, 0.4) is 0 Å². The number of nitrogens with one attached hydrogen (secondary N) is 2. The molecule has 0 amide bonds. The monoisotopic (exact) mass is 443 g/mol. The number of halogens is 3. The highest BCUT2D eigenvalue weighted by atomic mass is 19.4. The Kier molecular flexibility index (Phi) is 5.43. The van der Waals surface area contributed by atoms with E-state index in [2.05, 4.69) is 30.7 Å². The molecule has 9 nitrogen and oxygen atoms in total. The summed E-state index contributed by atoms with van der Waals surface area (Å²) in [5.74, 6) is 1.77. The van der Waals surface area contributed by atoms with Crippen molar-refractivity contribution in [1.29, 1.82) is 0 Å². The molecule has 0 saturated heterocycles. The summed E-state index contributed by atoms with van der Waals surface area (Å²) >= 11 is 0. The van der Waals surface area contributed by atoms with Gasteiger partial charge in [0.1, 0.15) is 17.5 Å². The zero-order valence-electron chi connectivity index (χ0n) is 17.0. The fraction of sp³-hybridized carbons (Fsp3) is 0.200. The van der Waals surface area contributed by atoms with Gasteiger partial charge in [-0.3, -0.25) is 0 Å². The fourth-order valence-electron chi connectivity index (χ4n) is 3.04. The first kappa shape index (κ1) is 21.2. The fourth-order valence-corrected chi connectivity index (χ4v) is 3.04. The van der Waals surface area contributed by atoms with Crippen LogP contribution >= 0.6 is 0 Å². The second-order valence-corrected chi connectivity index (χ2v) is 6.99. The van der Waals surface area contributed by atoms with Crippen molar-refractivity contribution in [1.82, 2.24) is 24.6 Å². The van der Waals surface area contributed by atoms with Gasteiger partial charge in [0.15, 0.2) is 5.65 Å². The average molecular weight is 443 g/mol. The van der Waals surface area contributed by atoms with Gasteiger partial charge < -0.3 is 22.1 Å². The van der Waals surface area contributed by atoms with Crippen LogP contribution in [-0.4, -0.2) is 37.7 Å². The average Bonchev–Trinajstić information content (AvgIpc) is 3.13. The number of alkyl halides is 3. The minimum atomic E-state index is -4.40. The van der Waals surface area contributed by atoms with Crippen LogP contribution in [0, 0.1) is 6.92 Å². The van der Waals surface area contributed by atoms with Gasteiger partial charge in [-0.15, -0.1) is 5.10 Å². The maximum Gasteiger partial charge on any atom is 0.416 e. The Morgan fingerprint density at radius 3 is 2.34 bits per heavy atom. The number of rotatable bonds is 6. The van der Waals surface area contributed by atoms with Crippen LogP contribution < -0.4 is 22.1 Å². The predicted molar refractivity (Wildman–Crippen MR) is 116 cm³/mol. The topological polar surface area (TPSA) is 132 Å². The molecule has 0 aliphatic rings. The Labute approximate surface area is 180 Å². The summed E-state index contributed by atoms with van der Waals surface area (Å²) in [6.07, 6.45) is -4.40. The van der Waals surface area contributed by atoms with Crippen molar-refractivity contribution in [3.63, 3.8) is 0 Å². The maximum absolute atomic E-state index is 12.9. The van der Waals surface area contributed by atoms with Gasteiger partial charge in [0.2, 0.25) is 5.95 Å². The summed E-state index contributed by atoms with van der Waals surface area (Å²) in [6, 6.07) is 9.87. The summed E-state index contributed by atoms with van der Waals surface area (Å²) in [5.41, 5.74) is 12.6. The van der Waals surface area contributed by atoms with Crippen LogP contribution in [0.5, 0.6) is 0 Å². The van der Waals surface area contributed by atoms with Crippen LogP contribution in [-0.2, 0) is 6.18 Å². The summed E-state index contributed by atoms with van der Waals surface area (Å²) < 4.78 is 40.1. The highest BCUT2D eigenvalue weighted by molar-refractivity contribution is 5.66. The third-order valence-corrected chi connectivity index (χ3v) is 4.61. The van der Waals surface area contributed by atoms with Gasteiger partial charge >= 0.3 is 6.18 Å². The molecule has 0 aliphatic carbocycles. The number of benzene rings is 1. The highest BCUT2D eigenvalue weighted by Crippen LogP contribution is 2.31. The lowest BCUT2D eigenvalue weighted by Crippen LogP contribution is -2.17. The molecular formula is C20H20F3N9. The summed E-state index contributed by atoms with van der Waals surface area (Å²) in [4.78, 5) is 13.0. The molecule has 4 rings (SSSR count). The number of hydrogen-bond acceptors (Lipinski definition) is 8. The molecule has 0 saturated carbocycles. The van der Waals surface area contributed by atoms with E-state index in [1.54, 1.807) is 29.6 Å². The molecule has 32 heavy (non-hydrogen) atoms. The van der Waals surface area contributed by atoms with Gasteiger partial charge in [-0.05, 0) is 31.2 Å². The number of nitrogens with zero attached hydrogens (tertiary/aromatic N) is 5. The maximum atomic E-state index is 12.9. The molecule has 12 heteroatoms. The zero-order chi connectivity index (χ0) is 22.9. The predicted octanol–water partition coefficient (Wildman–Crippen LogP) is 3.20. The van der Waals surface area contributed by atoms with Crippen LogP contribution in [0.4, 0.5) is 36.4 Å². The molecule has 0 bridgehead atoms. The molecule has 166 valence electrons. The van der Waals surface area contributed by atoms with Crippen molar-refractivity contribution < 1.29 is 13.2 Å². The molecule has 0 unspecified atom stereocenters. The highest BCUT2D eigenvalue weighted by Gasteiger charge is 2.30. The Morgan fingerprint density at radius 1 is 0.938 bits per heavy atom. The van der Waals surface area contributed by atoms with Crippen LogP contribution in [0.15, 0.2) is 42.5 Å². The van der Waals surface area contributed by atoms with Crippen molar-refractivity contribution in [2.45, 2.75) is 13.1 Å². The van der Waals surface area contributed by atoms with E-state index in [0.717, 1.165) is 12.1 Å². The lowest BCUT2D eigenvalue weighted by Gasteiger charge is -2.12. The number of nitrogen functional groups attached to an aromatic ring is 2. The first-order valence-corrected chi connectivity index (χ1v) is 9.62.